The number of nitrogens with one attached hydrogen (secondary N) is 2. The van der Waals surface area contributed by atoms with Gasteiger partial charge < -0.3 is 15.5 Å². The molecular formula is C16H36N4. The molecule has 120 valence electrons. The molecule has 0 radical (unpaired) electrons. The highest BCUT2D eigenvalue weighted by molar-refractivity contribution is 5.80. The van der Waals surface area contributed by atoms with Gasteiger partial charge in [-0.25, -0.2) is 0 Å². The summed E-state index contributed by atoms with van der Waals surface area (Å²) < 4.78 is 0. The molecule has 1 unspecified atom stereocenters. The van der Waals surface area contributed by atoms with Crippen LogP contribution in [0.25, 0.3) is 0 Å². The number of hydrogen-bond donors (Lipinski definition) is 2. The highest BCUT2D eigenvalue weighted by Gasteiger charge is 2.08. The summed E-state index contributed by atoms with van der Waals surface area (Å²) in [6.45, 7) is 18.5. The zero-order valence-corrected chi connectivity index (χ0v) is 14.5. The van der Waals surface area contributed by atoms with Gasteiger partial charge in [-0.05, 0) is 52.2 Å². The van der Waals surface area contributed by atoms with Crippen LogP contribution in [0.15, 0.2) is 4.99 Å². The normalized spacial score (nSPS) is 13.9. The van der Waals surface area contributed by atoms with Crippen molar-refractivity contribution >= 4 is 5.96 Å². The van der Waals surface area contributed by atoms with E-state index in [0.717, 1.165) is 38.6 Å². The number of guanidine groups is 1. The predicted octanol–water partition coefficient (Wildman–Crippen LogP) is 2.71. The Morgan fingerprint density at radius 1 is 1.05 bits per heavy atom. The van der Waals surface area contributed by atoms with E-state index in [1.54, 1.807) is 0 Å². The lowest BCUT2D eigenvalue weighted by Gasteiger charge is -2.21. The molecule has 0 aliphatic heterocycles. The Morgan fingerprint density at radius 2 is 1.70 bits per heavy atom. The first-order valence-corrected chi connectivity index (χ1v) is 8.32. The molecule has 2 N–H and O–H groups in total. The van der Waals surface area contributed by atoms with Crippen LogP contribution in [-0.4, -0.2) is 49.6 Å². The van der Waals surface area contributed by atoms with Crippen LogP contribution in [0.1, 0.15) is 54.4 Å². The van der Waals surface area contributed by atoms with Crippen LogP contribution in [0.5, 0.6) is 0 Å². The monoisotopic (exact) mass is 284 g/mol. The quantitative estimate of drug-likeness (QED) is 0.368. The summed E-state index contributed by atoms with van der Waals surface area (Å²) in [7, 11) is 0. The first-order valence-electron chi connectivity index (χ1n) is 8.32. The van der Waals surface area contributed by atoms with Crippen LogP contribution in [0.2, 0.25) is 0 Å². The fourth-order valence-electron chi connectivity index (χ4n) is 1.88. The summed E-state index contributed by atoms with van der Waals surface area (Å²) in [6.07, 6.45) is 2.38. The highest BCUT2D eigenvalue weighted by Crippen LogP contribution is 2.00. The maximum Gasteiger partial charge on any atom is 0.191 e. The summed E-state index contributed by atoms with van der Waals surface area (Å²) >= 11 is 0. The molecule has 20 heavy (non-hydrogen) atoms. The minimum Gasteiger partial charge on any atom is -0.357 e. The molecule has 0 aliphatic carbocycles. The van der Waals surface area contributed by atoms with Crippen LogP contribution in [0, 0.1) is 5.92 Å². The largest absolute Gasteiger partial charge is 0.357 e. The number of nitrogens with zero attached hydrogens (tertiary/aromatic N) is 2. The first kappa shape index (κ1) is 19.2. The van der Waals surface area contributed by atoms with Gasteiger partial charge in [-0.3, -0.25) is 4.99 Å². The molecule has 0 aromatic rings. The van der Waals surface area contributed by atoms with Gasteiger partial charge in [0.15, 0.2) is 5.96 Å². The topological polar surface area (TPSA) is 39.7 Å². The fourth-order valence-corrected chi connectivity index (χ4v) is 1.88. The summed E-state index contributed by atoms with van der Waals surface area (Å²) in [4.78, 5) is 7.13. The first-order chi connectivity index (χ1) is 9.54. The van der Waals surface area contributed by atoms with E-state index in [1.165, 1.54) is 13.0 Å². The smallest absolute Gasteiger partial charge is 0.191 e. The number of unbranched alkanes of at least 4 members (excludes halogenated alkanes) is 1. The zero-order valence-electron chi connectivity index (χ0n) is 14.5. The molecule has 0 aliphatic rings. The fraction of sp³-hybridized carbons (Fsp3) is 0.938. The standard InChI is InChI=1S/C16H36N4/c1-7-17-16(19-15(6)14(4)5)18-12-10-11-13-20(8-2)9-3/h14-15H,7-13H2,1-6H3,(H2,17,18,19). The Kier molecular flexibility index (Phi) is 11.5. The van der Waals surface area contributed by atoms with Crippen molar-refractivity contribution in [1.82, 2.24) is 15.5 Å². The molecule has 0 amide bonds. The van der Waals surface area contributed by atoms with Crippen LogP contribution >= 0.6 is 0 Å². The Balaban J connectivity index is 4.02. The zero-order chi connectivity index (χ0) is 15.4. The maximum absolute atomic E-state index is 4.66. The molecule has 0 aromatic carbocycles. The molecule has 4 nitrogen and oxygen atoms in total. The highest BCUT2D eigenvalue weighted by atomic mass is 15.2. The third-order valence-electron chi connectivity index (χ3n) is 3.76. The average molecular weight is 284 g/mol. The van der Waals surface area contributed by atoms with Crippen LogP contribution in [-0.2, 0) is 0 Å². The van der Waals surface area contributed by atoms with Gasteiger partial charge in [0.1, 0.15) is 0 Å². The molecule has 0 fully saturated rings. The third-order valence-corrected chi connectivity index (χ3v) is 3.76. The second-order valence-electron chi connectivity index (χ2n) is 5.67. The van der Waals surface area contributed by atoms with E-state index in [0.29, 0.717) is 12.0 Å². The SMILES string of the molecule is CCNC(=NCCCCN(CC)CC)NC(C)C(C)C. The van der Waals surface area contributed by atoms with E-state index in [-0.39, 0.29) is 0 Å². The van der Waals surface area contributed by atoms with Gasteiger partial charge in [-0.2, -0.15) is 0 Å². The Bertz CT molecular complexity index is 247. The number of aliphatic imine (C=N–C) groups is 1. The van der Waals surface area contributed by atoms with Crippen molar-refractivity contribution < 1.29 is 0 Å². The molecule has 0 aromatic heterocycles. The van der Waals surface area contributed by atoms with E-state index < -0.39 is 0 Å². The third kappa shape index (κ3) is 9.18. The maximum atomic E-state index is 4.66. The van der Waals surface area contributed by atoms with Gasteiger partial charge in [-0.1, -0.05) is 27.7 Å². The van der Waals surface area contributed by atoms with E-state index in [2.05, 4.69) is 62.1 Å². The predicted molar refractivity (Wildman–Crippen MR) is 90.4 cm³/mol. The van der Waals surface area contributed by atoms with Gasteiger partial charge in [0.25, 0.3) is 0 Å². The molecule has 0 heterocycles. The van der Waals surface area contributed by atoms with Gasteiger partial charge >= 0.3 is 0 Å². The van der Waals surface area contributed by atoms with Crippen LogP contribution in [0.3, 0.4) is 0 Å². The van der Waals surface area contributed by atoms with E-state index in [1.807, 2.05) is 0 Å². The van der Waals surface area contributed by atoms with Gasteiger partial charge in [0, 0.05) is 19.1 Å². The van der Waals surface area contributed by atoms with Gasteiger partial charge in [0.05, 0.1) is 0 Å². The summed E-state index contributed by atoms with van der Waals surface area (Å²) in [5.41, 5.74) is 0. The number of hydrogen-bond acceptors (Lipinski definition) is 2. The minimum absolute atomic E-state index is 0.448. The summed E-state index contributed by atoms with van der Waals surface area (Å²) in [5.74, 6) is 1.57. The van der Waals surface area contributed by atoms with Crippen molar-refractivity contribution in [3.63, 3.8) is 0 Å². The number of rotatable bonds is 10. The Labute approximate surface area is 126 Å². The summed E-state index contributed by atoms with van der Waals surface area (Å²) in [5, 5.41) is 6.79. The van der Waals surface area contributed by atoms with Crippen molar-refractivity contribution in [2.24, 2.45) is 10.9 Å². The second-order valence-corrected chi connectivity index (χ2v) is 5.67. The van der Waals surface area contributed by atoms with E-state index in [4.69, 9.17) is 0 Å². The lowest BCUT2D eigenvalue weighted by molar-refractivity contribution is 0.297. The van der Waals surface area contributed by atoms with Crippen LogP contribution < -0.4 is 10.6 Å². The average Bonchev–Trinajstić information content (AvgIpc) is 2.42. The van der Waals surface area contributed by atoms with Crippen molar-refractivity contribution in [3.8, 4) is 0 Å². The van der Waals surface area contributed by atoms with E-state index in [9.17, 15) is 0 Å². The summed E-state index contributed by atoms with van der Waals surface area (Å²) in [6, 6.07) is 0.448. The molecule has 0 spiro atoms. The van der Waals surface area contributed by atoms with Gasteiger partial charge in [0.2, 0.25) is 0 Å². The van der Waals surface area contributed by atoms with Crippen molar-refractivity contribution in [2.45, 2.75) is 60.4 Å². The molecule has 4 heteroatoms. The Morgan fingerprint density at radius 3 is 2.20 bits per heavy atom. The molecule has 0 bridgehead atoms. The molecule has 0 saturated heterocycles. The lowest BCUT2D eigenvalue weighted by Crippen LogP contribution is -2.44. The lowest BCUT2D eigenvalue weighted by atomic mass is 10.1. The second kappa shape index (κ2) is 12.0. The van der Waals surface area contributed by atoms with E-state index >= 15 is 0 Å². The molecule has 1 atom stereocenters. The molecule has 0 rings (SSSR count). The molecule has 0 saturated carbocycles. The van der Waals surface area contributed by atoms with Crippen molar-refractivity contribution in [3.05, 3.63) is 0 Å². The Hall–Kier alpha value is -0.770. The molecular weight excluding hydrogens is 248 g/mol. The van der Waals surface area contributed by atoms with Crippen molar-refractivity contribution in [2.75, 3.05) is 32.7 Å². The van der Waals surface area contributed by atoms with Crippen LogP contribution in [0.4, 0.5) is 0 Å². The minimum atomic E-state index is 0.448. The van der Waals surface area contributed by atoms with Gasteiger partial charge in [-0.15, -0.1) is 0 Å². The van der Waals surface area contributed by atoms with Crippen molar-refractivity contribution in [1.29, 1.82) is 0 Å².